The number of hydrogen-bond acceptors (Lipinski definition) is 2. The first kappa shape index (κ1) is 25.5. The highest BCUT2D eigenvalue weighted by Crippen LogP contribution is 2.15. The lowest BCUT2D eigenvalue weighted by Gasteiger charge is -2.12. The van der Waals surface area contributed by atoms with Crippen LogP contribution in [0.3, 0.4) is 0 Å². The summed E-state index contributed by atoms with van der Waals surface area (Å²) < 4.78 is 5.43. The van der Waals surface area contributed by atoms with Crippen LogP contribution in [0.4, 0.5) is 0 Å². The molecule has 1 aromatic carbocycles. The van der Waals surface area contributed by atoms with Crippen molar-refractivity contribution in [3.63, 3.8) is 0 Å². The molecule has 29 heavy (non-hydrogen) atoms. The number of carbonyl (C=O) groups excluding carboxylic acids is 1. The maximum absolute atomic E-state index is 11.9. The van der Waals surface area contributed by atoms with E-state index in [1.807, 2.05) is 18.2 Å². The van der Waals surface area contributed by atoms with Crippen molar-refractivity contribution in [2.24, 2.45) is 0 Å². The largest absolute Gasteiger partial charge is 0.465 e. The van der Waals surface area contributed by atoms with Crippen molar-refractivity contribution in [3.8, 4) is 0 Å². The van der Waals surface area contributed by atoms with Gasteiger partial charge in [-0.25, -0.2) is 0 Å². The van der Waals surface area contributed by atoms with Gasteiger partial charge < -0.3 is 4.74 Å². The van der Waals surface area contributed by atoms with Crippen LogP contribution in [0.25, 0.3) is 0 Å². The summed E-state index contributed by atoms with van der Waals surface area (Å²) in [6.07, 6.45) is 21.8. The molecule has 0 radical (unpaired) electrons. The number of unbranched alkanes of at least 4 members (excludes halogenated alkanes) is 11. The van der Waals surface area contributed by atoms with E-state index in [0.717, 1.165) is 12.8 Å². The molecule has 0 N–H and O–H groups in total. The fraction of sp³-hybridized carbons (Fsp3) is 0.667. The highest BCUT2D eigenvalue weighted by Gasteiger charge is 2.08. The van der Waals surface area contributed by atoms with Crippen molar-refractivity contribution >= 4 is 5.97 Å². The zero-order chi connectivity index (χ0) is 21.0. The van der Waals surface area contributed by atoms with Crippen molar-refractivity contribution in [2.45, 2.75) is 110 Å². The monoisotopic (exact) mass is 400 g/mol. The third kappa shape index (κ3) is 15.0. The minimum Gasteiger partial charge on any atom is -0.465 e. The van der Waals surface area contributed by atoms with E-state index in [1.54, 1.807) is 0 Å². The van der Waals surface area contributed by atoms with E-state index >= 15 is 0 Å². The molecule has 0 aliphatic heterocycles. The lowest BCUT2D eigenvalue weighted by molar-refractivity contribution is -0.144. The molecule has 2 nitrogen and oxygen atoms in total. The normalized spacial score (nSPS) is 12.3. The van der Waals surface area contributed by atoms with E-state index in [0.29, 0.717) is 13.0 Å². The Morgan fingerprint density at radius 3 is 2.00 bits per heavy atom. The Bertz CT molecular complexity index is 521. The van der Waals surface area contributed by atoms with Crippen LogP contribution < -0.4 is 0 Å². The molecular weight excluding hydrogens is 356 g/mol. The average Bonchev–Trinajstić information content (AvgIpc) is 2.75. The fourth-order valence-corrected chi connectivity index (χ4v) is 3.51. The molecule has 0 saturated carbocycles. The van der Waals surface area contributed by atoms with Gasteiger partial charge in [-0.3, -0.25) is 4.79 Å². The summed E-state index contributed by atoms with van der Waals surface area (Å²) in [5.74, 6) is 0.208. The first-order valence-corrected chi connectivity index (χ1v) is 12.1. The third-order valence-electron chi connectivity index (χ3n) is 5.51. The van der Waals surface area contributed by atoms with Gasteiger partial charge in [0.2, 0.25) is 0 Å². The molecule has 0 aliphatic rings. The predicted molar refractivity (Wildman–Crippen MR) is 125 cm³/mol. The zero-order valence-corrected chi connectivity index (χ0v) is 19.0. The van der Waals surface area contributed by atoms with Crippen molar-refractivity contribution in [3.05, 3.63) is 48.0 Å². The second kappa shape index (κ2) is 18.5. The van der Waals surface area contributed by atoms with Crippen molar-refractivity contribution < 1.29 is 9.53 Å². The highest BCUT2D eigenvalue weighted by molar-refractivity contribution is 5.69. The molecular formula is C27H44O2. The van der Waals surface area contributed by atoms with E-state index in [2.05, 4.69) is 38.1 Å². The van der Waals surface area contributed by atoms with Crippen LogP contribution in [0.15, 0.2) is 42.5 Å². The number of carbonyl (C=O) groups is 1. The fourth-order valence-electron chi connectivity index (χ4n) is 3.51. The number of ether oxygens (including phenoxy) is 1. The Kier molecular flexibility index (Phi) is 16.2. The zero-order valence-electron chi connectivity index (χ0n) is 19.0. The summed E-state index contributed by atoms with van der Waals surface area (Å²) in [6.45, 7) is 4.85. The molecule has 1 atom stereocenters. The summed E-state index contributed by atoms with van der Waals surface area (Å²) in [5, 5.41) is 0. The van der Waals surface area contributed by atoms with Gasteiger partial charge in [-0.05, 0) is 37.7 Å². The molecule has 0 heterocycles. The molecule has 0 amide bonds. The van der Waals surface area contributed by atoms with Gasteiger partial charge in [0, 0.05) is 12.3 Å². The van der Waals surface area contributed by atoms with Crippen LogP contribution >= 0.6 is 0 Å². The Morgan fingerprint density at radius 2 is 1.38 bits per heavy atom. The van der Waals surface area contributed by atoms with Crippen LogP contribution in [-0.2, 0) is 9.53 Å². The molecule has 0 aliphatic carbocycles. The van der Waals surface area contributed by atoms with Gasteiger partial charge in [0.05, 0.1) is 6.61 Å². The number of benzene rings is 1. The SMILES string of the molecule is CCCCCCCC/C=C\CCCCCCCC(=O)OCC(C)c1ccccc1. The van der Waals surface area contributed by atoms with Gasteiger partial charge >= 0.3 is 5.97 Å². The van der Waals surface area contributed by atoms with Gasteiger partial charge in [0.15, 0.2) is 0 Å². The number of hydrogen-bond donors (Lipinski definition) is 0. The second-order valence-corrected chi connectivity index (χ2v) is 8.33. The smallest absolute Gasteiger partial charge is 0.305 e. The summed E-state index contributed by atoms with van der Waals surface area (Å²) in [4.78, 5) is 11.9. The topological polar surface area (TPSA) is 26.3 Å². The van der Waals surface area contributed by atoms with E-state index in [4.69, 9.17) is 4.74 Å². The van der Waals surface area contributed by atoms with Crippen LogP contribution in [0, 0.1) is 0 Å². The van der Waals surface area contributed by atoms with E-state index in [-0.39, 0.29) is 11.9 Å². The standard InChI is InChI=1S/C27H44O2/c1-3-4-5-6-7-8-9-10-11-12-13-14-15-16-20-23-27(28)29-24-25(2)26-21-18-17-19-22-26/h10-11,17-19,21-22,25H,3-9,12-16,20,23-24H2,1-2H3/b11-10-. The van der Waals surface area contributed by atoms with Gasteiger partial charge in [0.25, 0.3) is 0 Å². The van der Waals surface area contributed by atoms with Crippen molar-refractivity contribution in [1.29, 1.82) is 0 Å². The highest BCUT2D eigenvalue weighted by atomic mass is 16.5. The summed E-state index contributed by atoms with van der Waals surface area (Å²) in [5.41, 5.74) is 1.22. The molecule has 0 bridgehead atoms. The molecule has 0 saturated heterocycles. The predicted octanol–water partition coefficient (Wildman–Crippen LogP) is 8.37. The second-order valence-electron chi connectivity index (χ2n) is 8.33. The van der Waals surface area contributed by atoms with E-state index in [9.17, 15) is 4.79 Å². The molecule has 0 fully saturated rings. The van der Waals surface area contributed by atoms with E-state index in [1.165, 1.54) is 76.2 Å². The van der Waals surface area contributed by atoms with Gasteiger partial charge in [-0.2, -0.15) is 0 Å². The first-order chi connectivity index (χ1) is 14.2. The van der Waals surface area contributed by atoms with Crippen LogP contribution in [0.2, 0.25) is 0 Å². The molecule has 164 valence electrons. The van der Waals surface area contributed by atoms with Gasteiger partial charge in [0.1, 0.15) is 0 Å². The maximum atomic E-state index is 11.9. The number of esters is 1. The Hall–Kier alpha value is -1.57. The van der Waals surface area contributed by atoms with Crippen LogP contribution in [0.5, 0.6) is 0 Å². The Balaban J connectivity index is 1.86. The van der Waals surface area contributed by atoms with Crippen molar-refractivity contribution in [2.75, 3.05) is 6.61 Å². The molecule has 1 aromatic rings. The summed E-state index contributed by atoms with van der Waals surface area (Å²) in [7, 11) is 0. The molecule has 1 unspecified atom stereocenters. The Labute approximate surface area is 180 Å². The minimum atomic E-state index is -0.0505. The molecule has 0 spiro atoms. The average molecular weight is 401 g/mol. The summed E-state index contributed by atoms with van der Waals surface area (Å²) in [6, 6.07) is 10.2. The lowest BCUT2D eigenvalue weighted by Crippen LogP contribution is -2.10. The Morgan fingerprint density at radius 1 is 0.828 bits per heavy atom. The number of allylic oxidation sites excluding steroid dienone is 2. The molecule has 1 rings (SSSR count). The quantitative estimate of drug-likeness (QED) is 0.140. The van der Waals surface area contributed by atoms with Crippen LogP contribution in [0.1, 0.15) is 115 Å². The number of rotatable bonds is 18. The molecule has 0 aromatic heterocycles. The van der Waals surface area contributed by atoms with Gasteiger partial charge in [-0.1, -0.05) is 108 Å². The van der Waals surface area contributed by atoms with Gasteiger partial charge in [-0.15, -0.1) is 0 Å². The van der Waals surface area contributed by atoms with Crippen LogP contribution in [-0.4, -0.2) is 12.6 Å². The van der Waals surface area contributed by atoms with E-state index < -0.39 is 0 Å². The summed E-state index contributed by atoms with van der Waals surface area (Å²) >= 11 is 0. The third-order valence-corrected chi connectivity index (χ3v) is 5.51. The first-order valence-electron chi connectivity index (χ1n) is 12.1. The minimum absolute atomic E-state index is 0.0505. The lowest BCUT2D eigenvalue weighted by atomic mass is 10.0. The maximum Gasteiger partial charge on any atom is 0.305 e. The molecule has 2 heteroatoms. The van der Waals surface area contributed by atoms with Crippen molar-refractivity contribution in [1.82, 2.24) is 0 Å².